The first-order valence-electron chi connectivity index (χ1n) is 9.94. The summed E-state index contributed by atoms with van der Waals surface area (Å²) in [6, 6.07) is 27.8. The molecule has 0 aromatic heterocycles. The van der Waals surface area contributed by atoms with E-state index in [0.717, 1.165) is 5.56 Å². The molecule has 2 heterocycles. The van der Waals surface area contributed by atoms with Gasteiger partial charge >= 0.3 is 5.97 Å². The maximum atomic E-state index is 12.9. The molecule has 0 amide bonds. The Labute approximate surface area is 178 Å². The number of benzene rings is 4. The fourth-order valence-electron chi connectivity index (χ4n) is 4.43. The monoisotopic (exact) mass is 407 g/mol. The molecular formula is C26H17NO4. The van der Waals surface area contributed by atoms with Crippen molar-refractivity contribution in [2.45, 2.75) is 5.60 Å². The van der Waals surface area contributed by atoms with Crippen LogP contribution in [-0.2, 0) is 10.3 Å². The molecule has 0 aliphatic carbocycles. The van der Waals surface area contributed by atoms with Gasteiger partial charge in [0.25, 0.3) is 0 Å². The number of esters is 1. The molecule has 2 aliphatic rings. The topological polar surface area (TPSA) is 70.8 Å². The summed E-state index contributed by atoms with van der Waals surface area (Å²) in [4.78, 5) is 12.9. The van der Waals surface area contributed by atoms with Crippen LogP contribution in [0.25, 0.3) is 0 Å². The Balaban J connectivity index is 1.62. The molecule has 5 nitrogen and oxygen atoms in total. The summed E-state index contributed by atoms with van der Waals surface area (Å²) >= 11 is 0. The van der Waals surface area contributed by atoms with Gasteiger partial charge in [0, 0.05) is 11.3 Å². The minimum absolute atomic E-state index is 0.396. The summed E-state index contributed by atoms with van der Waals surface area (Å²) in [5, 5.41) is 0. The van der Waals surface area contributed by atoms with Crippen molar-refractivity contribution < 1.29 is 19.0 Å². The number of hydrogen-bond donors (Lipinski definition) is 1. The van der Waals surface area contributed by atoms with E-state index >= 15 is 0 Å². The first kappa shape index (κ1) is 17.6. The molecule has 4 aromatic carbocycles. The molecule has 0 saturated heterocycles. The van der Waals surface area contributed by atoms with E-state index in [9.17, 15) is 4.79 Å². The van der Waals surface area contributed by atoms with Crippen LogP contribution < -0.4 is 15.2 Å². The van der Waals surface area contributed by atoms with E-state index in [1.54, 1.807) is 12.1 Å². The Bertz CT molecular complexity index is 1350. The first-order valence-corrected chi connectivity index (χ1v) is 9.94. The van der Waals surface area contributed by atoms with Crippen LogP contribution in [0.5, 0.6) is 23.0 Å². The van der Waals surface area contributed by atoms with Gasteiger partial charge in [-0.1, -0.05) is 42.5 Å². The van der Waals surface area contributed by atoms with Crippen molar-refractivity contribution in [2.75, 3.05) is 5.73 Å². The lowest BCUT2D eigenvalue weighted by Gasteiger charge is -2.37. The van der Waals surface area contributed by atoms with Crippen LogP contribution in [-0.4, -0.2) is 5.97 Å². The van der Waals surface area contributed by atoms with Gasteiger partial charge in [-0.15, -0.1) is 0 Å². The van der Waals surface area contributed by atoms with Crippen molar-refractivity contribution in [3.63, 3.8) is 0 Å². The number of anilines is 1. The zero-order chi connectivity index (χ0) is 21.0. The lowest BCUT2D eigenvalue weighted by Crippen LogP contribution is -2.34. The molecule has 0 radical (unpaired) electrons. The van der Waals surface area contributed by atoms with E-state index in [1.807, 2.05) is 78.9 Å². The number of rotatable bonds is 2. The van der Waals surface area contributed by atoms with Gasteiger partial charge in [0.05, 0.1) is 16.7 Å². The number of fused-ring (bicyclic) bond motifs is 6. The van der Waals surface area contributed by atoms with Crippen molar-refractivity contribution in [3.05, 3.63) is 113 Å². The second-order valence-corrected chi connectivity index (χ2v) is 7.51. The van der Waals surface area contributed by atoms with Crippen molar-refractivity contribution in [2.24, 2.45) is 0 Å². The normalized spacial score (nSPS) is 17.9. The molecule has 5 heteroatoms. The molecule has 2 aliphatic heterocycles. The zero-order valence-corrected chi connectivity index (χ0v) is 16.4. The van der Waals surface area contributed by atoms with Gasteiger partial charge in [-0.3, -0.25) is 0 Å². The molecule has 0 saturated carbocycles. The Morgan fingerprint density at radius 1 is 0.742 bits per heavy atom. The molecule has 150 valence electrons. The minimum Gasteiger partial charge on any atom is -0.457 e. The molecule has 0 bridgehead atoms. The molecule has 1 atom stereocenters. The summed E-state index contributed by atoms with van der Waals surface area (Å²) in [6.45, 7) is 0. The van der Waals surface area contributed by atoms with Gasteiger partial charge in [-0.25, -0.2) is 4.79 Å². The molecule has 6 rings (SSSR count). The highest BCUT2D eigenvalue weighted by atomic mass is 16.6. The number of carbonyl (C=O) groups excluding carboxylic acids is 1. The van der Waals surface area contributed by atoms with Crippen LogP contribution in [0.15, 0.2) is 91.0 Å². The Morgan fingerprint density at radius 2 is 1.55 bits per heavy atom. The predicted molar refractivity (Wildman–Crippen MR) is 116 cm³/mol. The third-order valence-electron chi connectivity index (χ3n) is 5.71. The van der Waals surface area contributed by atoms with Gasteiger partial charge < -0.3 is 19.9 Å². The number of carbonyl (C=O) groups is 1. The Kier molecular flexibility index (Phi) is 3.62. The zero-order valence-electron chi connectivity index (χ0n) is 16.4. The van der Waals surface area contributed by atoms with Gasteiger partial charge in [-0.05, 0) is 48.5 Å². The van der Waals surface area contributed by atoms with Crippen molar-refractivity contribution >= 4 is 11.7 Å². The molecule has 1 spiro atoms. The van der Waals surface area contributed by atoms with Gasteiger partial charge in [0.15, 0.2) is 5.60 Å². The maximum absolute atomic E-state index is 12.9. The lowest BCUT2D eigenvalue weighted by atomic mass is 9.77. The average Bonchev–Trinajstić information content (AvgIpc) is 3.08. The van der Waals surface area contributed by atoms with E-state index in [-0.39, 0.29) is 0 Å². The highest BCUT2D eigenvalue weighted by Crippen LogP contribution is 2.58. The smallest absolute Gasteiger partial charge is 0.340 e. The average molecular weight is 407 g/mol. The predicted octanol–water partition coefficient (Wildman–Crippen LogP) is 5.63. The van der Waals surface area contributed by atoms with Crippen LogP contribution in [0.2, 0.25) is 0 Å². The number of nitrogens with two attached hydrogens (primary N) is 1. The molecular weight excluding hydrogens is 390 g/mol. The number of nitrogen functional groups attached to an aromatic ring is 1. The first-order chi connectivity index (χ1) is 15.2. The SMILES string of the molecule is Nc1cccc2c1C1(OC(=O)c3ccccc31)c1cc(Oc3ccccc3)ccc1O2. The molecule has 0 fully saturated rings. The highest BCUT2D eigenvalue weighted by molar-refractivity contribution is 5.97. The lowest BCUT2D eigenvalue weighted by molar-refractivity contribution is 0.0226. The standard InChI is InChI=1S/C26H17NO4/c27-21-11-6-12-23-24(21)26(19-10-5-4-9-18(19)25(28)31-26)20-15-17(13-14-22(20)30-23)29-16-7-2-1-3-8-16/h1-15H,27H2. The van der Waals surface area contributed by atoms with Gasteiger partial charge in [0.1, 0.15) is 23.0 Å². The Morgan fingerprint density at radius 3 is 2.42 bits per heavy atom. The maximum Gasteiger partial charge on any atom is 0.340 e. The summed E-state index contributed by atoms with van der Waals surface area (Å²) < 4.78 is 18.4. The third kappa shape index (κ3) is 2.47. The second-order valence-electron chi connectivity index (χ2n) is 7.51. The second kappa shape index (κ2) is 6.37. The molecule has 2 N–H and O–H groups in total. The number of ether oxygens (including phenoxy) is 3. The number of hydrogen-bond acceptors (Lipinski definition) is 5. The fourth-order valence-corrected chi connectivity index (χ4v) is 4.43. The fraction of sp³-hybridized carbons (Fsp3) is 0.0385. The van der Waals surface area contributed by atoms with E-state index in [4.69, 9.17) is 19.9 Å². The Hall–Kier alpha value is -4.25. The summed E-state index contributed by atoms with van der Waals surface area (Å²) in [5.41, 5.74) is 8.24. The van der Waals surface area contributed by atoms with Crippen molar-refractivity contribution in [1.29, 1.82) is 0 Å². The molecule has 1 unspecified atom stereocenters. The highest BCUT2D eigenvalue weighted by Gasteiger charge is 2.54. The van der Waals surface area contributed by atoms with Crippen LogP contribution in [0.3, 0.4) is 0 Å². The van der Waals surface area contributed by atoms with Crippen molar-refractivity contribution in [1.82, 2.24) is 0 Å². The van der Waals surface area contributed by atoms with Crippen LogP contribution in [0, 0.1) is 0 Å². The number of para-hydroxylation sites is 1. The van der Waals surface area contributed by atoms with Gasteiger partial charge in [0.2, 0.25) is 0 Å². The van der Waals surface area contributed by atoms with E-state index < -0.39 is 11.6 Å². The van der Waals surface area contributed by atoms with Crippen LogP contribution >= 0.6 is 0 Å². The van der Waals surface area contributed by atoms with E-state index in [1.165, 1.54) is 0 Å². The van der Waals surface area contributed by atoms with E-state index in [0.29, 0.717) is 45.4 Å². The summed E-state index contributed by atoms with van der Waals surface area (Å²) in [5.74, 6) is 2.06. The van der Waals surface area contributed by atoms with Crippen LogP contribution in [0.1, 0.15) is 27.0 Å². The molecule has 4 aromatic rings. The largest absolute Gasteiger partial charge is 0.457 e. The van der Waals surface area contributed by atoms with Crippen molar-refractivity contribution in [3.8, 4) is 23.0 Å². The van der Waals surface area contributed by atoms with Gasteiger partial charge in [-0.2, -0.15) is 0 Å². The third-order valence-corrected chi connectivity index (χ3v) is 5.71. The quantitative estimate of drug-likeness (QED) is 0.344. The molecule has 31 heavy (non-hydrogen) atoms. The summed E-state index contributed by atoms with van der Waals surface area (Å²) in [7, 11) is 0. The van der Waals surface area contributed by atoms with Crippen LogP contribution in [0.4, 0.5) is 5.69 Å². The minimum atomic E-state index is -1.21. The van der Waals surface area contributed by atoms with E-state index in [2.05, 4.69) is 0 Å². The summed E-state index contributed by atoms with van der Waals surface area (Å²) in [6.07, 6.45) is 0.